The number of amides is 3. The molecular formula is C17H22N3O3. The van der Waals surface area contributed by atoms with Crippen molar-refractivity contribution in [3.05, 3.63) is 30.5 Å². The van der Waals surface area contributed by atoms with Crippen molar-refractivity contribution in [2.24, 2.45) is 5.92 Å². The molecule has 1 N–H and O–H groups in total. The number of nitrogens with zero attached hydrogens (tertiary/aromatic N) is 2. The van der Waals surface area contributed by atoms with Gasteiger partial charge in [0.1, 0.15) is 5.54 Å². The molecule has 3 aliphatic rings. The molecule has 23 heavy (non-hydrogen) atoms. The molecule has 0 aromatic rings. The van der Waals surface area contributed by atoms with Crippen LogP contribution in [0.2, 0.25) is 0 Å². The maximum atomic E-state index is 12.9. The number of dihydropyridines is 1. The highest BCUT2D eigenvalue weighted by Crippen LogP contribution is 2.41. The van der Waals surface area contributed by atoms with E-state index in [-0.39, 0.29) is 30.2 Å². The smallest absolute Gasteiger partial charge is 0.327 e. The number of Topliss-reactive ketones (excluding diaryl/α,β-unsaturated/α-hetero) is 1. The number of rotatable bonds is 4. The summed E-state index contributed by atoms with van der Waals surface area (Å²) in [5, 5.41) is 2.84. The molecule has 0 aromatic heterocycles. The van der Waals surface area contributed by atoms with Gasteiger partial charge in [0, 0.05) is 18.8 Å². The van der Waals surface area contributed by atoms with E-state index in [1.807, 2.05) is 6.92 Å². The van der Waals surface area contributed by atoms with Crippen LogP contribution in [-0.2, 0) is 9.59 Å². The first-order valence-corrected chi connectivity index (χ1v) is 8.05. The molecule has 2 aliphatic heterocycles. The Morgan fingerprint density at radius 1 is 1.35 bits per heavy atom. The van der Waals surface area contributed by atoms with E-state index in [4.69, 9.17) is 0 Å². The van der Waals surface area contributed by atoms with E-state index >= 15 is 0 Å². The van der Waals surface area contributed by atoms with E-state index in [0.29, 0.717) is 5.57 Å². The third-order valence-corrected chi connectivity index (χ3v) is 5.37. The molecule has 2 heterocycles. The van der Waals surface area contributed by atoms with Crippen LogP contribution in [0.25, 0.3) is 0 Å². The summed E-state index contributed by atoms with van der Waals surface area (Å²) >= 11 is 0. The molecule has 1 atom stereocenters. The van der Waals surface area contributed by atoms with Gasteiger partial charge >= 0.3 is 6.03 Å². The van der Waals surface area contributed by atoms with Crippen LogP contribution < -0.4 is 5.32 Å². The molecule has 1 saturated heterocycles. The van der Waals surface area contributed by atoms with Gasteiger partial charge in [-0.25, -0.2) is 4.79 Å². The summed E-state index contributed by atoms with van der Waals surface area (Å²) in [6.07, 6.45) is 9.06. The van der Waals surface area contributed by atoms with Gasteiger partial charge < -0.3 is 10.2 Å². The summed E-state index contributed by atoms with van der Waals surface area (Å²) in [5.41, 5.74) is -0.360. The van der Waals surface area contributed by atoms with Crippen LogP contribution in [0.15, 0.2) is 23.9 Å². The fourth-order valence-corrected chi connectivity index (χ4v) is 3.76. The fourth-order valence-electron chi connectivity index (χ4n) is 3.76. The van der Waals surface area contributed by atoms with E-state index in [2.05, 4.69) is 5.32 Å². The molecule has 1 unspecified atom stereocenters. The molecule has 123 valence electrons. The topological polar surface area (TPSA) is 69.7 Å². The molecule has 1 radical (unpaired) electrons. The summed E-state index contributed by atoms with van der Waals surface area (Å²) in [6, 6.07) is -0.377. The van der Waals surface area contributed by atoms with Crippen LogP contribution in [0.3, 0.4) is 0 Å². The van der Waals surface area contributed by atoms with Gasteiger partial charge in [-0.05, 0) is 25.7 Å². The highest BCUT2D eigenvalue weighted by molar-refractivity contribution is 6.11. The second-order valence-corrected chi connectivity index (χ2v) is 6.58. The number of nitrogens with one attached hydrogen (secondary N) is 1. The van der Waals surface area contributed by atoms with Crippen molar-refractivity contribution in [1.82, 2.24) is 15.1 Å². The Morgan fingerprint density at radius 3 is 2.65 bits per heavy atom. The monoisotopic (exact) mass is 316 g/mol. The van der Waals surface area contributed by atoms with Gasteiger partial charge in [-0.2, -0.15) is 0 Å². The lowest BCUT2D eigenvalue weighted by Gasteiger charge is -2.34. The predicted octanol–water partition coefficient (Wildman–Crippen LogP) is 1.60. The number of hydrogen-bond donors (Lipinski definition) is 1. The molecule has 1 aliphatic carbocycles. The Bertz CT molecular complexity index is 604. The lowest BCUT2D eigenvalue weighted by atomic mass is 9.83. The Morgan fingerprint density at radius 2 is 2.04 bits per heavy atom. The average Bonchev–Trinajstić information content (AvgIpc) is 3.16. The van der Waals surface area contributed by atoms with Crippen molar-refractivity contribution >= 4 is 17.7 Å². The molecular weight excluding hydrogens is 294 g/mol. The van der Waals surface area contributed by atoms with E-state index < -0.39 is 5.54 Å². The van der Waals surface area contributed by atoms with Crippen LogP contribution in [0.4, 0.5) is 4.79 Å². The molecule has 0 aromatic carbocycles. The largest absolute Gasteiger partial charge is 0.382 e. The number of allylic oxidation sites excluding steroid dienone is 1. The van der Waals surface area contributed by atoms with Crippen molar-refractivity contribution in [3.8, 4) is 0 Å². The van der Waals surface area contributed by atoms with Gasteiger partial charge in [0.15, 0.2) is 5.78 Å². The highest BCUT2D eigenvalue weighted by atomic mass is 16.2. The zero-order valence-electron chi connectivity index (χ0n) is 13.5. The number of carbonyl (C=O) groups is 3. The molecule has 1 saturated carbocycles. The Labute approximate surface area is 136 Å². The number of likely N-dealkylation sites (N-methyl/N-ethyl adjacent to an activating group) is 1. The maximum Gasteiger partial charge on any atom is 0.327 e. The van der Waals surface area contributed by atoms with Gasteiger partial charge in [-0.3, -0.25) is 14.5 Å². The second-order valence-electron chi connectivity index (χ2n) is 6.58. The van der Waals surface area contributed by atoms with Crippen LogP contribution >= 0.6 is 0 Å². The zero-order valence-corrected chi connectivity index (χ0v) is 13.5. The lowest BCUT2D eigenvalue weighted by molar-refractivity contribution is -0.136. The summed E-state index contributed by atoms with van der Waals surface area (Å²) in [5.74, 6) is -0.313. The van der Waals surface area contributed by atoms with Gasteiger partial charge in [0.05, 0.1) is 13.1 Å². The predicted molar refractivity (Wildman–Crippen MR) is 84.9 cm³/mol. The van der Waals surface area contributed by atoms with Crippen LogP contribution in [0.1, 0.15) is 32.6 Å². The maximum absolute atomic E-state index is 12.9. The first-order chi connectivity index (χ1) is 11.0. The van der Waals surface area contributed by atoms with Crippen molar-refractivity contribution in [3.63, 3.8) is 0 Å². The lowest BCUT2D eigenvalue weighted by Crippen LogP contribution is -2.50. The normalized spacial score (nSPS) is 28.3. The summed E-state index contributed by atoms with van der Waals surface area (Å²) in [4.78, 5) is 40.4. The average molecular weight is 316 g/mol. The molecule has 3 amide bonds. The van der Waals surface area contributed by atoms with Gasteiger partial charge in [-0.1, -0.05) is 25.0 Å². The third-order valence-electron chi connectivity index (χ3n) is 5.37. The molecule has 2 fully saturated rings. The SMILES string of the molecule is CN1C(=O)N(CC(=O)C2=CN[CH]C=C2)C(=O)C1(C)C1CCCC1. The third kappa shape index (κ3) is 2.46. The van der Waals surface area contributed by atoms with Crippen LogP contribution in [0.5, 0.6) is 0 Å². The first-order valence-electron chi connectivity index (χ1n) is 8.05. The Kier molecular flexibility index (Phi) is 4.00. The number of urea groups is 1. The molecule has 0 spiro atoms. The zero-order chi connectivity index (χ0) is 16.6. The van der Waals surface area contributed by atoms with Gasteiger partial charge in [0.2, 0.25) is 0 Å². The van der Waals surface area contributed by atoms with Crippen molar-refractivity contribution < 1.29 is 14.4 Å². The molecule has 0 bridgehead atoms. The minimum atomic E-state index is -0.823. The fraction of sp³-hybridized carbons (Fsp3) is 0.529. The Balaban J connectivity index is 1.79. The van der Waals surface area contributed by atoms with Gasteiger partial charge in [-0.15, -0.1) is 0 Å². The number of carbonyl (C=O) groups excluding carboxylic acids is 3. The number of imide groups is 1. The van der Waals surface area contributed by atoms with E-state index in [1.54, 1.807) is 31.9 Å². The molecule has 6 heteroatoms. The molecule has 6 nitrogen and oxygen atoms in total. The standard InChI is InChI=1S/C17H22N3O3/c1-17(13-7-3-4-8-13)15(22)20(16(23)19(17)2)11-14(21)12-6-5-9-18-10-12/h5-6,9-10,13,18H,3-4,7-8,11H2,1-2H3. The van der Waals surface area contributed by atoms with E-state index in [1.165, 1.54) is 4.90 Å². The van der Waals surface area contributed by atoms with Crippen LogP contribution in [0, 0.1) is 12.5 Å². The molecule has 3 rings (SSSR count). The van der Waals surface area contributed by atoms with Crippen molar-refractivity contribution in [1.29, 1.82) is 0 Å². The Hall–Kier alpha value is -2.11. The quantitative estimate of drug-likeness (QED) is 0.800. The minimum absolute atomic E-state index is 0.175. The number of hydrogen-bond acceptors (Lipinski definition) is 4. The second kappa shape index (κ2) is 5.83. The minimum Gasteiger partial charge on any atom is -0.382 e. The highest BCUT2D eigenvalue weighted by Gasteiger charge is 2.57. The van der Waals surface area contributed by atoms with Crippen LogP contribution in [-0.4, -0.2) is 46.7 Å². The summed E-state index contributed by atoms with van der Waals surface area (Å²) in [6.45, 7) is 3.33. The van der Waals surface area contributed by atoms with E-state index in [0.717, 1.165) is 30.6 Å². The van der Waals surface area contributed by atoms with Gasteiger partial charge in [0.25, 0.3) is 5.91 Å². The van der Waals surface area contributed by atoms with Crippen molar-refractivity contribution in [2.75, 3.05) is 13.6 Å². The van der Waals surface area contributed by atoms with Crippen molar-refractivity contribution in [2.45, 2.75) is 38.1 Å². The number of ketones is 1. The summed E-state index contributed by atoms with van der Waals surface area (Å²) < 4.78 is 0. The van der Waals surface area contributed by atoms with E-state index in [9.17, 15) is 14.4 Å². The first kappa shape index (κ1) is 15.8. The summed E-state index contributed by atoms with van der Waals surface area (Å²) in [7, 11) is 1.67.